The van der Waals surface area contributed by atoms with E-state index in [-0.39, 0.29) is 24.0 Å². The predicted molar refractivity (Wildman–Crippen MR) is 96.7 cm³/mol. The molecule has 0 aromatic heterocycles. The van der Waals surface area contributed by atoms with Crippen LogP contribution in [0.3, 0.4) is 0 Å². The first kappa shape index (κ1) is 15.2. The SMILES string of the molecule is C/C=C1/CN2[C@H]3C[C@@]45c6ccccc6N[C@@H]4[C@@H]2C[C@H]1C3(C(=O)OC)C5O. The van der Waals surface area contributed by atoms with E-state index in [9.17, 15) is 9.90 Å². The number of methoxy groups -OCH3 is 1. The van der Waals surface area contributed by atoms with Gasteiger partial charge in [0.25, 0.3) is 0 Å². The number of piperidine rings is 4. The second-order valence-corrected chi connectivity index (χ2v) is 8.65. The Kier molecular flexibility index (Phi) is 2.65. The van der Waals surface area contributed by atoms with Crippen molar-refractivity contribution in [1.82, 2.24) is 4.90 Å². The summed E-state index contributed by atoms with van der Waals surface area (Å²) in [5.41, 5.74) is 2.34. The summed E-state index contributed by atoms with van der Waals surface area (Å²) in [6.07, 6.45) is 3.15. The maximum atomic E-state index is 13.2. The average molecular weight is 352 g/mol. The molecule has 26 heavy (non-hydrogen) atoms. The van der Waals surface area contributed by atoms with Crippen molar-refractivity contribution in [3.05, 3.63) is 41.5 Å². The van der Waals surface area contributed by atoms with Crippen molar-refractivity contribution in [2.75, 3.05) is 19.0 Å². The standard InChI is InChI=1S/C21H24N2O3/c1-3-11-10-23-15-8-13(11)21(19(25)26-2)16(23)9-20(18(21)24)12-6-4-5-7-14(12)22-17(15)20/h3-7,13,15-18,22,24H,8-10H2,1-2H3/b11-3-/t13-,15+,16+,17-,18?,20-,21?/m1/s1. The van der Waals surface area contributed by atoms with Gasteiger partial charge < -0.3 is 15.2 Å². The van der Waals surface area contributed by atoms with Gasteiger partial charge in [-0.1, -0.05) is 29.8 Å². The lowest BCUT2D eigenvalue weighted by atomic mass is 9.58. The number of hydrogen-bond donors (Lipinski definition) is 2. The molecule has 1 aromatic carbocycles. The Morgan fingerprint density at radius 3 is 3.00 bits per heavy atom. The van der Waals surface area contributed by atoms with Gasteiger partial charge in [0.2, 0.25) is 0 Å². The number of benzene rings is 1. The minimum absolute atomic E-state index is 0.0570. The van der Waals surface area contributed by atoms with Crippen LogP contribution in [0.2, 0.25) is 0 Å². The summed E-state index contributed by atoms with van der Waals surface area (Å²) in [6, 6.07) is 8.89. The molecule has 8 atom stereocenters. The van der Waals surface area contributed by atoms with Crippen LogP contribution in [0.1, 0.15) is 25.3 Å². The quantitative estimate of drug-likeness (QED) is 0.595. The van der Waals surface area contributed by atoms with Gasteiger partial charge in [-0.2, -0.15) is 0 Å². The summed E-state index contributed by atoms with van der Waals surface area (Å²) in [5.74, 6) is -0.154. The second-order valence-electron chi connectivity index (χ2n) is 8.65. The van der Waals surface area contributed by atoms with E-state index in [1.807, 2.05) is 12.1 Å². The summed E-state index contributed by atoms with van der Waals surface area (Å²) < 4.78 is 5.34. The Balaban J connectivity index is 1.65. The molecular formula is C21H24N2O3. The van der Waals surface area contributed by atoms with E-state index >= 15 is 0 Å². The van der Waals surface area contributed by atoms with Crippen LogP contribution in [0.5, 0.6) is 0 Å². The maximum Gasteiger partial charge on any atom is 0.316 e. The van der Waals surface area contributed by atoms with Crippen molar-refractivity contribution >= 4 is 11.7 Å². The first-order valence-electron chi connectivity index (χ1n) is 9.64. The molecule has 136 valence electrons. The van der Waals surface area contributed by atoms with Gasteiger partial charge in [-0.15, -0.1) is 0 Å². The number of aliphatic hydroxyl groups excluding tert-OH is 1. The molecular weight excluding hydrogens is 328 g/mol. The van der Waals surface area contributed by atoms with E-state index in [4.69, 9.17) is 4.74 Å². The van der Waals surface area contributed by atoms with Gasteiger partial charge in [-0.05, 0) is 31.4 Å². The van der Waals surface area contributed by atoms with Crippen LogP contribution in [-0.2, 0) is 14.9 Å². The fraction of sp³-hybridized carbons (Fsp3) is 0.571. The highest BCUT2D eigenvalue weighted by atomic mass is 16.5. The Hall–Kier alpha value is -1.85. The fourth-order valence-electron chi connectivity index (χ4n) is 7.49. The Morgan fingerprint density at radius 1 is 1.42 bits per heavy atom. The monoisotopic (exact) mass is 352 g/mol. The number of ether oxygens (including phenoxy) is 1. The van der Waals surface area contributed by atoms with Crippen LogP contribution in [0, 0.1) is 11.3 Å². The number of nitrogens with zero attached hydrogens (tertiary/aromatic N) is 1. The van der Waals surface area contributed by atoms with Crippen molar-refractivity contribution < 1.29 is 14.6 Å². The molecule has 5 heterocycles. The summed E-state index contributed by atoms with van der Waals surface area (Å²) in [6.45, 7) is 2.96. The molecule has 1 aliphatic carbocycles. The lowest BCUT2D eigenvalue weighted by Crippen LogP contribution is -2.71. The summed E-state index contributed by atoms with van der Waals surface area (Å²) >= 11 is 0. The predicted octanol–water partition coefficient (Wildman–Crippen LogP) is 1.68. The largest absolute Gasteiger partial charge is 0.468 e. The van der Waals surface area contributed by atoms with Crippen molar-refractivity contribution in [2.45, 2.75) is 49.4 Å². The molecule has 5 heteroatoms. The van der Waals surface area contributed by atoms with E-state index in [0.717, 1.165) is 25.1 Å². The average Bonchev–Trinajstić information content (AvgIpc) is 3.13. The Labute approximate surface area is 153 Å². The van der Waals surface area contributed by atoms with E-state index in [2.05, 4.69) is 35.3 Å². The number of hydrogen-bond acceptors (Lipinski definition) is 5. The summed E-state index contributed by atoms with van der Waals surface area (Å²) in [4.78, 5) is 15.7. The molecule has 0 radical (unpaired) electrons. The molecule has 7 rings (SSSR count). The zero-order valence-corrected chi connectivity index (χ0v) is 15.1. The van der Waals surface area contributed by atoms with Crippen LogP contribution in [0.15, 0.2) is 35.9 Å². The van der Waals surface area contributed by atoms with Gasteiger partial charge in [0.1, 0.15) is 5.41 Å². The van der Waals surface area contributed by atoms with Crippen LogP contribution < -0.4 is 5.32 Å². The normalized spacial score (nSPS) is 50.5. The van der Waals surface area contributed by atoms with Gasteiger partial charge in [-0.25, -0.2) is 0 Å². The molecule has 6 aliphatic rings. The molecule has 5 nitrogen and oxygen atoms in total. The van der Waals surface area contributed by atoms with E-state index < -0.39 is 16.9 Å². The first-order chi connectivity index (χ1) is 12.6. The van der Waals surface area contributed by atoms with Gasteiger partial charge >= 0.3 is 5.97 Å². The number of rotatable bonds is 1. The highest BCUT2D eigenvalue weighted by molar-refractivity contribution is 5.84. The number of allylic oxidation sites excluding steroid dienone is 1. The maximum absolute atomic E-state index is 13.2. The van der Waals surface area contributed by atoms with Crippen LogP contribution in [0.25, 0.3) is 0 Å². The van der Waals surface area contributed by atoms with Crippen LogP contribution in [-0.4, -0.2) is 53.9 Å². The number of anilines is 1. The number of fused-ring (bicyclic) bond motifs is 2. The van der Waals surface area contributed by atoms with Crippen molar-refractivity contribution in [3.63, 3.8) is 0 Å². The Bertz CT molecular complexity index is 867. The molecule has 3 unspecified atom stereocenters. The van der Waals surface area contributed by atoms with Crippen molar-refractivity contribution in [2.24, 2.45) is 11.3 Å². The number of esters is 1. The topological polar surface area (TPSA) is 61.8 Å². The Morgan fingerprint density at radius 2 is 2.23 bits per heavy atom. The number of carbonyl (C=O) groups excluding carboxylic acids is 1. The number of para-hydroxylation sites is 1. The minimum Gasteiger partial charge on any atom is -0.468 e. The third kappa shape index (κ3) is 1.28. The van der Waals surface area contributed by atoms with E-state index in [1.54, 1.807) is 0 Å². The van der Waals surface area contributed by atoms with Crippen molar-refractivity contribution in [3.8, 4) is 0 Å². The molecule has 1 aromatic rings. The zero-order valence-electron chi connectivity index (χ0n) is 15.1. The molecule has 4 saturated heterocycles. The number of aliphatic hydroxyl groups is 1. The third-order valence-corrected chi connectivity index (χ3v) is 8.30. The summed E-state index contributed by atoms with van der Waals surface area (Å²) in [5, 5.41) is 15.6. The smallest absolute Gasteiger partial charge is 0.316 e. The molecule has 1 spiro atoms. The second kappa shape index (κ2) is 4.52. The molecule has 2 N–H and O–H groups in total. The summed E-state index contributed by atoms with van der Waals surface area (Å²) in [7, 11) is 1.46. The van der Waals surface area contributed by atoms with Gasteiger partial charge in [0.05, 0.1) is 19.3 Å². The highest BCUT2D eigenvalue weighted by Gasteiger charge is 2.82. The first-order valence-corrected chi connectivity index (χ1v) is 9.64. The molecule has 5 bridgehead atoms. The lowest BCUT2D eigenvalue weighted by Gasteiger charge is -2.60. The zero-order chi connectivity index (χ0) is 17.8. The van der Waals surface area contributed by atoms with Gasteiger partial charge in [-0.3, -0.25) is 9.69 Å². The molecule has 0 amide bonds. The van der Waals surface area contributed by atoms with Gasteiger partial charge in [0, 0.05) is 35.6 Å². The van der Waals surface area contributed by atoms with E-state index in [0.29, 0.717) is 6.04 Å². The fourth-order valence-corrected chi connectivity index (χ4v) is 7.49. The minimum atomic E-state index is -0.848. The third-order valence-electron chi connectivity index (χ3n) is 8.30. The molecule has 5 fully saturated rings. The van der Waals surface area contributed by atoms with Gasteiger partial charge in [0.15, 0.2) is 0 Å². The lowest BCUT2D eigenvalue weighted by molar-refractivity contribution is -0.179. The highest BCUT2D eigenvalue weighted by Crippen LogP contribution is 2.71. The number of nitrogens with one attached hydrogen (secondary N) is 1. The molecule has 5 aliphatic heterocycles. The van der Waals surface area contributed by atoms with Crippen LogP contribution in [0.4, 0.5) is 5.69 Å². The van der Waals surface area contributed by atoms with Crippen LogP contribution >= 0.6 is 0 Å². The van der Waals surface area contributed by atoms with Crippen molar-refractivity contribution in [1.29, 1.82) is 0 Å². The number of carbonyl (C=O) groups is 1. The molecule has 1 saturated carbocycles. The van der Waals surface area contributed by atoms with E-state index in [1.165, 1.54) is 18.2 Å².